The molecular weight excluding hydrogens is 348 g/mol. The highest BCUT2D eigenvalue weighted by Crippen LogP contribution is 2.67. The topological polar surface area (TPSA) is 43.4 Å². The van der Waals surface area contributed by atoms with Crippen molar-refractivity contribution in [3.05, 3.63) is 0 Å². The van der Waals surface area contributed by atoms with Crippen LogP contribution in [0.5, 0.6) is 0 Å². The van der Waals surface area contributed by atoms with Crippen molar-refractivity contribution in [3.63, 3.8) is 0 Å². The molecule has 4 saturated carbocycles. The molecule has 0 spiro atoms. The molecule has 0 aromatic heterocycles. The van der Waals surface area contributed by atoms with Gasteiger partial charge in [0.15, 0.2) is 0 Å². The Bertz CT molecular complexity index is 627. The van der Waals surface area contributed by atoms with Gasteiger partial charge in [0.1, 0.15) is 5.78 Å². The van der Waals surface area contributed by atoms with E-state index in [1.807, 2.05) is 0 Å². The van der Waals surface area contributed by atoms with Crippen LogP contribution in [0.3, 0.4) is 0 Å². The van der Waals surface area contributed by atoms with Gasteiger partial charge in [-0.15, -0.1) is 0 Å². The lowest BCUT2D eigenvalue weighted by Crippen LogP contribution is -2.56. The van der Waals surface area contributed by atoms with E-state index in [-0.39, 0.29) is 11.4 Å². The summed E-state index contributed by atoms with van der Waals surface area (Å²) in [4.78, 5) is 25.3. The number of carbonyl (C=O) groups excluding carboxylic acids is 2. The van der Waals surface area contributed by atoms with E-state index in [9.17, 15) is 9.59 Å². The summed E-state index contributed by atoms with van der Waals surface area (Å²) in [6.07, 6.45) is 12.8. The summed E-state index contributed by atoms with van der Waals surface area (Å²) in [7, 11) is 1.47. The number of hydrogen-bond acceptors (Lipinski definition) is 3. The van der Waals surface area contributed by atoms with Gasteiger partial charge in [-0.1, -0.05) is 33.6 Å². The lowest BCUT2D eigenvalue weighted by Gasteiger charge is -2.60. The summed E-state index contributed by atoms with van der Waals surface area (Å²) in [6.45, 7) is 7.10. The van der Waals surface area contributed by atoms with Crippen molar-refractivity contribution in [2.24, 2.45) is 46.3 Å². The molecule has 0 aliphatic heterocycles. The van der Waals surface area contributed by atoms with Crippen LogP contribution < -0.4 is 0 Å². The first-order valence-electron chi connectivity index (χ1n) is 11.9. The molecule has 3 unspecified atom stereocenters. The van der Waals surface area contributed by atoms with E-state index in [0.717, 1.165) is 24.7 Å². The zero-order chi connectivity index (χ0) is 20.1. The molecular formula is C25H40O3. The summed E-state index contributed by atoms with van der Waals surface area (Å²) < 4.78 is 4.84. The van der Waals surface area contributed by atoms with Crippen molar-refractivity contribution in [1.82, 2.24) is 0 Å². The second-order valence-corrected chi connectivity index (χ2v) is 11.1. The predicted molar refractivity (Wildman–Crippen MR) is 111 cm³/mol. The van der Waals surface area contributed by atoms with E-state index in [4.69, 9.17) is 4.74 Å². The average molecular weight is 389 g/mol. The fraction of sp³-hybridized carbons (Fsp3) is 0.920. The molecule has 0 amide bonds. The highest BCUT2D eigenvalue weighted by atomic mass is 16.5. The van der Waals surface area contributed by atoms with Crippen LogP contribution in [0, 0.1) is 46.3 Å². The number of Topliss-reactive ketones (excluding diaryl/α,β-unsaturated/α-hetero) is 1. The molecule has 0 N–H and O–H groups in total. The van der Waals surface area contributed by atoms with Gasteiger partial charge in [0.05, 0.1) is 7.11 Å². The number of carbonyl (C=O) groups is 2. The van der Waals surface area contributed by atoms with Crippen LogP contribution in [0.25, 0.3) is 0 Å². The van der Waals surface area contributed by atoms with Crippen molar-refractivity contribution in [2.45, 2.75) is 91.4 Å². The van der Waals surface area contributed by atoms with Crippen LogP contribution in [0.2, 0.25) is 0 Å². The first-order chi connectivity index (χ1) is 13.3. The maximum Gasteiger partial charge on any atom is 0.305 e. The summed E-state index contributed by atoms with van der Waals surface area (Å²) in [5.74, 6) is 4.09. The van der Waals surface area contributed by atoms with Crippen molar-refractivity contribution < 1.29 is 14.3 Å². The number of ether oxygens (including phenoxy) is 1. The number of esters is 1. The van der Waals surface area contributed by atoms with Crippen LogP contribution in [0.1, 0.15) is 91.4 Å². The maximum atomic E-state index is 13.7. The fourth-order valence-electron chi connectivity index (χ4n) is 8.59. The van der Waals surface area contributed by atoms with Crippen LogP contribution in [-0.2, 0) is 14.3 Å². The monoisotopic (exact) mass is 388 g/mol. The van der Waals surface area contributed by atoms with E-state index in [0.29, 0.717) is 41.3 Å². The normalized spacial score (nSPS) is 46.3. The van der Waals surface area contributed by atoms with Crippen molar-refractivity contribution in [2.75, 3.05) is 7.11 Å². The Labute approximate surface area is 171 Å². The molecule has 158 valence electrons. The molecule has 0 radical (unpaired) electrons. The average Bonchev–Trinajstić information content (AvgIpc) is 3.05. The minimum atomic E-state index is -0.158. The number of hydrogen-bond donors (Lipinski definition) is 0. The third-order valence-electron chi connectivity index (χ3n) is 10.2. The quantitative estimate of drug-likeness (QED) is 0.571. The Morgan fingerprint density at radius 2 is 1.89 bits per heavy atom. The van der Waals surface area contributed by atoms with Gasteiger partial charge in [-0.3, -0.25) is 9.59 Å². The van der Waals surface area contributed by atoms with Gasteiger partial charge >= 0.3 is 5.97 Å². The molecule has 28 heavy (non-hydrogen) atoms. The van der Waals surface area contributed by atoms with Gasteiger partial charge in [-0.2, -0.15) is 0 Å². The Morgan fingerprint density at radius 3 is 2.64 bits per heavy atom. The van der Waals surface area contributed by atoms with Gasteiger partial charge in [-0.05, 0) is 85.9 Å². The highest BCUT2D eigenvalue weighted by molar-refractivity contribution is 5.87. The lowest BCUT2D eigenvalue weighted by molar-refractivity contribution is -0.157. The van der Waals surface area contributed by atoms with Gasteiger partial charge in [0.2, 0.25) is 0 Å². The van der Waals surface area contributed by atoms with Crippen LogP contribution >= 0.6 is 0 Å². The van der Waals surface area contributed by atoms with E-state index in [1.165, 1.54) is 58.5 Å². The Kier molecular flexibility index (Phi) is 5.42. The molecule has 4 aliphatic rings. The summed E-state index contributed by atoms with van der Waals surface area (Å²) in [5.41, 5.74) is 0.251. The Morgan fingerprint density at radius 1 is 1.11 bits per heavy atom. The molecule has 3 heteroatoms. The zero-order valence-electron chi connectivity index (χ0n) is 18.5. The fourth-order valence-corrected chi connectivity index (χ4v) is 8.59. The molecule has 4 fully saturated rings. The minimum Gasteiger partial charge on any atom is -0.469 e. The third-order valence-corrected chi connectivity index (χ3v) is 10.2. The van der Waals surface area contributed by atoms with Crippen molar-refractivity contribution >= 4 is 11.8 Å². The largest absolute Gasteiger partial charge is 0.469 e. The maximum absolute atomic E-state index is 13.7. The molecule has 4 rings (SSSR count). The van der Waals surface area contributed by atoms with Gasteiger partial charge in [0, 0.05) is 18.3 Å². The highest BCUT2D eigenvalue weighted by Gasteiger charge is 2.63. The standard InChI is InChI=1S/C25H40O3/c1-16(8-13-23(27)28-4)19-11-12-20-18-10-9-17-7-5-6-14-24(17,2)21(18)15-22(26)25(19,20)3/h16-21H,5-15H2,1-4H3/t16-,17-,18?,19+,20?,21?,24-,25+/m0/s1. The van der Waals surface area contributed by atoms with E-state index >= 15 is 0 Å². The smallest absolute Gasteiger partial charge is 0.305 e. The SMILES string of the molecule is COC(=O)CC[C@H](C)[C@H]1CCC2C3CC[C@@H]4CCCC[C@]4(C)C3CC(=O)[C@@]21C. The Hall–Kier alpha value is -0.860. The summed E-state index contributed by atoms with van der Waals surface area (Å²) in [5, 5.41) is 0. The predicted octanol–water partition coefficient (Wildman–Crippen LogP) is 5.80. The molecule has 4 aliphatic carbocycles. The van der Waals surface area contributed by atoms with E-state index < -0.39 is 0 Å². The van der Waals surface area contributed by atoms with Crippen LogP contribution in [-0.4, -0.2) is 18.9 Å². The number of ketones is 1. The molecule has 0 aromatic carbocycles. The molecule has 0 heterocycles. The molecule has 8 atom stereocenters. The number of fused-ring (bicyclic) bond motifs is 5. The van der Waals surface area contributed by atoms with Crippen LogP contribution in [0.15, 0.2) is 0 Å². The second-order valence-electron chi connectivity index (χ2n) is 11.1. The van der Waals surface area contributed by atoms with Gasteiger partial charge < -0.3 is 4.74 Å². The van der Waals surface area contributed by atoms with E-state index in [1.54, 1.807) is 0 Å². The lowest BCUT2D eigenvalue weighted by atomic mass is 9.44. The van der Waals surface area contributed by atoms with Crippen molar-refractivity contribution in [1.29, 1.82) is 0 Å². The summed E-state index contributed by atoms with van der Waals surface area (Å²) >= 11 is 0. The third kappa shape index (κ3) is 2.98. The first-order valence-corrected chi connectivity index (χ1v) is 11.9. The zero-order valence-corrected chi connectivity index (χ0v) is 18.5. The minimum absolute atomic E-state index is 0.120. The second kappa shape index (κ2) is 7.43. The Balaban J connectivity index is 1.55. The first kappa shape index (κ1) is 20.4. The molecule has 0 aromatic rings. The molecule has 0 saturated heterocycles. The van der Waals surface area contributed by atoms with Gasteiger partial charge in [-0.25, -0.2) is 0 Å². The van der Waals surface area contributed by atoms with E-state index in [2.05, 4.69) is 20.8 Å². The number of methoxy groups -OCH3 is 1. The van der Waals surface area contributed by atoms with Crippen LogP contribution in [0.4, 0.5) is 0 Å². The molecule has 0 bridgehead atoms. The number of rotatable bonds is 4. The van der Waals surface area contributed by atoms with Crippen molar-refractivity contribution in [3.8, 4) is 0 Å². The molecule has 3 nitrogen and oxygen atoms in total. The summed E-state index contributed by atoms with van der Waals surface area (Å²) in [6, 6.07) is 0. The van der Waals surface area contributed by atoms with Gasteiger partial charge in [0.25, 0.3) is 0 Å².